The zero-order valence-electron chi connectivity index (χ0n) is 14.0. The van der Waals surface area contributed by atoms with E-state index in [1.54, 1.807) is 0 Å². The molecule has 0 aromatic heterocycles. The normalized spacial score (nSPS) is 21.9. The zero-order chi connectivity index (χ0) is 18.0. The first kappa shape index (κ1) is 16.9. The molecule has 1 aliphatic rings. The Bertz CT molecular complexity index is 828. The van der Waals surface area contributed by atoms with E-state index >= 15 is 0 Å². The van der Waals surface area contributed by atoms with Crippen LogP contribution in [0.3, 0.4) is 0 Å². The number of nitro benzene ring substituents is 1. The fraction of sp³-hybridized carbons (Fsp3) is 0.250. The summed E-state index contributed by atoms with van der Waals surface area (Å²) in [5, 5.41) is 10.7. The highest BCUT2D eigenvalue weighted by Crippen LogP contribution is 2.47. The molecular weight excluding hydrogens is 318 g/mol. The van der Waals surface area contributed by atoms with Gasteiger partial charge in [0.1, 0.15) is 6.10 Å². The van der Waals surface area contributed by atoms with Gasteiger partial charge in [-0.2, -0.15) is 0 Å². The molecule has 3 rings (SSSR count). The summed E-state index contributed by atoms with van der Waals surface area (Å²) in [7, 11) is 0. The summed E-state index contributed by atoms with van der Waals surface area (Å²) < 4.78 is 5.83. The number of nitrogens with zero attached hydrogens (tertiary/aromatic N) is 1. The summed E-state index contributed by atoms with van der Waals surface area (Å²) in [6.07, 6.45) is 3.16. The van der Waals surface area contributed by atoms with Gasteiger partial charge in [-0.15, -0.1) is 6.58 Å². The molecule has 0 fully saturated rings. The minimum Gasteiger partial charge on any atom is -0.453 e. The highest BCUT2D eigenvalue weighted by atomic mass is 16.6. The van der Waals surface area contributed by atoms with E-state index < -0.39 is 17.0 Å². The minimum absolute atomic E-state index is 0.0597. The van der Waals surface area contributed by atoms with Crippen molar-refractivity contribution in [2.24, 2.45) is 5.41 Å². The second-order valence-electron chi connectivity index (χ2n) is 6.50. The standard InChI is InChI=1S/C20H19NO4/c1-3-20(2)13-12-14-6-4-5-7-17(14)18(20)25-19(22)15-8-10-16(11-9-15)21(23)24/h3-11,18H,1,12-13H2,2H3/t18-,20-/m0/s1. The molecule has 0 unspecified atom stereocenters. The molecule has 0 saturated heterocycles. The number of carbonyl (C=O) groups is 1. The van der Waals surface area contributed by atoms with E-state index in [2.05, 4.69) is 6.58 Å². The number of carbonyl (C=O) groups excluding carboxylic acids is 1. The van der Waals surface area contributed by atoms with E-state index in [-0.39, 0.29) is 11.1 Å². The molecule has 2 aromatic rings. The SMILES string of the molecule is C=C[C@@]1(C)CCc2ccccc2[C@@H]1OC(=O)c1ccc([N+](=O)[O-])cc1. The van der Waals surface area contributed by atoms with Gasteiger partial charge in [-0.05, 0) is 36.1 Å². The molecule has 1 aliphatic carbocycles. The molecule has 0 spiro atoms. The maximum atomic E-state index is 12.6. The van der Waals surface area contributed by atoms with Gasteiger partial charge in [0.15, 0.2) is 0 Å². The Morgan fingerprint density at radius 3 is 2.60 bits per heavy atom. The van der Waals surface area contributed by atoms with E-state index in [1.165, 1.54) is 29.8 Å². The van der Waals surface area contributed by atoms with Crippen molar-refractivity contribution in [1.29, 1.82) is 0 Å². The lowest BCUT2D eigenvalue weighted by Gasteiger charge is -2.39. The molecule has 25 heavy (non-hydrogen) atoms. The largest absolute Gasteiger partial charge is 0.453 e. The second-order valence-corrected chi connectivity index (χ2v) is 6.50. The predicted molar refractivity (Wildman–Crippen MR) is 94.3 cm³/mol. The monoisotopic (exact) mass is 337 g/mol. The van der Waals surface area contributed by atoms with E-state index in [9.17, 15) is 14.9 Å². The molecular formula is C20H19NO4. The summed E-state index contributed by atoms with van der Waals surface area (Å²) in [5.41, 5.74) is 2.04. The van der Waals surface area contributed by atoms with Gasteiger partial charge < -0.3 is 4.74 Å². The number of hydrogen-bond donors (Lipinski definition) is 0. The Labute approximate surface area is 146 Å². The quantitative estimate of drug-likeness (QED) is 0.353. The molecule has 5 nitrogen and oxygen atoms in total. The highest BCUT2D eigenvalue weighted by molar-refractivity contribution is 5.89. The van der Waals surface area contributed by atoms with E-state index in [4.69, 9.17) is 4.74 Å². The number of nitro groups is 1. The summed E-state index contributed by atoms with van der Waals surface area (Å²) in [5.74, 6) is -0.496. The van der Waals surface area contributed by atoms with Crippen molar-refractivity contribution in [2.75, 3.05) is 0 Å². The molecule has 0 radical (unpaired) electrons. The van der Waals surface area contributed by atoms with Crippen molar-refractivity contribution in [2.45, 2.75) is 25.9 Å². The van der Waals surface area contributed by atoms with Gasteiger partial charge in [0.2, 0.25) is 0 Å². The maximum Gasteiger partial charge on any atom is 0.338 e. The van der Waals surface area contributed by atoms with Gasteiger partial charge >= 0.3 is 5.97 Å². The number of aryl methyl sites for hydroxylation is 1. The van der Waals surface area contributed by atoms with Gasteiger partial charge in [-0.1, -0.05) is 37.3 Å². The van der Waals surface area contributed by atoms with Crippen molar-refractivity contribution in [3.05, 3.63) is 88.0 Å². The number of benzene rings is 2. The van der Waals surface area contributed by atoms with Crippen LogP contribution in [0.25, 0.3) is 0 Å². The van der Waals surface area contributed by atoms with Crippen LogP contribution >= 0.6 is 0 Å². The minimum atomic E-state index is -0.499. The first-order valence-corrected chi connectivity index (χ1v) is 8.11. The van der Waals surface area contributed by atoms with Crippen molar-refractivity contribution >= 4 is 11.7 Å². The molecule has 2 aromatic carbocycles. The molecule has 2 atom stereocenters. The third-order valence-electron chi connectivity index (χ3n) is 4.87. The molecule has 0 N–H and O–H groups in total. The number of rotatable bonds is 4. The highest BCUT2D eigenvalue weighted by Gasteiger charge is 2.40. The summed E-state index contributed by atoms with van der Waals surface area (Å²) in [6.45, 7) is 5.96. The van der Waals surface area contributed by atoms with Crippen molar-refractivity contribution in [3.8, 4) is 0 Å². The molecule has 0 heterocycles. The van der Waals surface area contributed by atoms with Crippen LogP contribution in [0, 0.1) is 15.5 Å². The van der Waals surface area contributed by atoms with Crippen LogP contribution in [0.15, 0.2) is 61.2 Å². The number of ether oxygens (including phenoxy) is 1. The number of fused-ring (bicyclic) bond motifs is 1. The van der Waals surface area contributed by atoms with Crippen LogP contribution in [0.1, 0.15) is 40.9 Å². The van der Waals surface area contributed by atoms with Crippen molar-refractivity contribution < 1.29 is 14.5 Å². The smallest absolute Gasteiger partial charge is 0.338 e. The lowest BCUT2D eigenvalue weighted by atomic mass is 9.70. The molecule has 0 saturated carbocycles. The van der Waals surface area contributed by atoms with E-state index in [0.717, 1.165) is 18.4 Å². The molecule has 0 bridgehead atoms. The van der Waals surface area contributed by atoms with Crippen LogP contribution in [-0.4, -0.2) is 10.9 Å². The molecule has 128 valence electrons. The average Bonchev–Trinajstić information content (AvgIpc) is 2.64. The average molecular weight is 337 g/mol. The maximum absolute atomic E-state index is 12.6. The van der Waals surface area contributed by atoms with Crippen LogP contribution in [-0.2, 0) is 11.2 Å². The summed E-state index contributed by atoms with van der Waals surface area (Å²) in [6, 6.07) is 13.4. The summed E-state index contributed by atoms with van der Waals surface area (Å²) in [4.78, 5) is 22.8. The Kier molecular flexibility index (Phi) is 4.40. The van der Waals surface area contributed by atoms with Gasteiger partial charge in [0, 0.05) is 17.5 Å². The van der Waals surface area contributed by atoms with Crippen molar-refractivity contribution in [1.82, 2.24) is 0 Å². The van der Waals surface area contributed by atoms with E-state index in [1.807, 2.05) is 37.3 Å². The number of esters is 1. The third kappa shape index (κ3) is 3.18. The zero-order valence-corrected chi connectivity index (χ0v) is 14.0. The lowest BCUT2D eigenvalue weighted by Crippen LogP contribution is -2.32. The first-order chi connectivity index (χ1) is 11.9. The van der Waals surface area contributed by atoms with Crippen LogP contribution in [0.2, 0.25) is 0 Å². The fourth-order valence-electron chi connectivity index (χ4n) is 3.21. The topological polar surface area (TPSA) is 69.4 Å². The van der Waals surface area contributed by atoms with Crippen molar-refractivity contribution in [3.63, 3.8) is 0 Å². The predicted octanol–water partition coefficient (Wildman–Crippen LogP) is 4.63. The number of hydrogen-bond acceptors (Lipinski definition) is 4. The van der Waals surface area contributed by atoms with Gasteiger partial charge in [-0.3, -0.25) is 10.1 Å². The van der Waals surface area contributed by atoms with Crippen LogP contribution in [0.5, 0.6) is 0 Å². The fourth-order valence-corrected chi connectivity index (χ4v) is 3.21. The molecule has 0 amide bonds. The van der Waals surface area contributed by atoms with Crippen LogP contribution < -0.4 is 0 Å². The first-order valence-electron chi connectivity index (χ1n) is 8.11. The molecule has 5 heteroatoms. The van der Waals surface area contributed by atoms with Gasteiger partial charge in [-0.25, -0.2) is 4.79 Å². The van der Waals surface area contributed by atoms with Gasteiger partial charge in [0.05, 0.1) is 10.5 Å². The Morgan fingerprint density at radius 1 is 1.28 bits per heavy atom. The Morgan fingerprint density at radius 2 is 1.96 bits per heavy atom. The van der Waals surface area contributed by atoms with Crippen LogP contribution in [0.4, 0.5) is 5.69 Å². The summed E-state index contributed by atoms with van der Waals surface area (Å²) >= 11 is 0. The molecule has 0 aliphatic heterocycles. The van der Waals surface area contributed by atoms with Gasteiger partial charge in [0.25, 0.3) is 5.69 Å². The third-order valence-corrected chi connectivity index (χ3v) is 4.87. The Hall–Kier alpha value is -2.95. The van der Waals surface area contributed by atoms with E-state index in [0.29, 0.717) is 5.56 Å². The lowest BCUT2D eigenvalue weighted by molar-refractivity contribution is -0.384. The number of non-ortho nitro benzene ring substituents is 1. The Balaban J connectivity index is 1.90. The second kappa shape index (κ2) is 6.51.